The molecule has 0 unspecified atom stereocenters. The van der Waals surface area contributed by atoms with Crippen LogP contribution in [0, 0.1) is 0 Å². The molecule has 5 heteroatoms. The van der Waals surface area contributed by atoms with Crippen LogP contribution >= 0.6 is 11.8 Å². The van der Waals surface area contributed by atoms with E-state index in [1.165, 1.54) is 17.5 Å². The molecule has 1 aliphatic carbocycles. The standard InChI is InChI=1S/C29H24N2O2S/c32-27-18-34-29(31(27)24-16-13-19-6-3-8-22(19)17-24)21-11-14-23(15-12-21)30-28(33)26-10-4-7-20-5-1-2-9-25(20)26/h1-2,4-5,7,9-17,29H,3,6,8,18H2,(H,30,33)/t29-/m0/s1. The molecule has 0 radical (unpaired) electrons. The number of rotatable bonds is 4. The first-order valence-corrected chi connectivity index (χ1v) is 12.7. The summed E-state index contributed by atoms with van der Waals surface area (Å²) in [6.45, 7) is 0. The number of fused-ring (bicyclic) bond motifs is 2. The SMILES string of the molecule is O=C(Nc1ccc([C@@H]2SCC(=O)N2c2ccc3c(c2)CCC3)cc1)c1cccc2ccccc12. The Morgan fingerprint density at radius 2 is 1.68 bits per heavy atom. The van der Waals surface area contributed by atoms with Crippen molar-refractivity contribution in [2.45, 2.75) is 24.6 Å². The Kier molecular flexibility index (Phi) is 5.34. The fourth-order valence-electron chi connectivity index (χ4n) is 5.01. The molecular formula is C29H24N2O2S. The lowest BCUT2D eigenvalue weighted by Crippen LogP contribution is -2.27. The topological polar surface area (TPSA) is 49.4 Å². The highest BCUT2D eigenvalue weighted by Gasteiger charge is 2.34. The summed E-state index contributed by atoms with van der Waals surface area (Å²) < 4.78 is 0. The molecule has 0 saturated carbocycles. The summed E-state index contributed by atoms with van der Waals surface area (Å²) in [4.78, 5) is 27.7. The van der Waals surface area contributed by atoms with Gasteiger partial charge in [-0.05, 0) is 77.1 Å². The van der Waals surface area contributed by atoms with Crippen molar-refractivity contribution >= 4 is 45.7 Å². The number of hydrogen-bond acceptors (Lipinski definition) is 3. The van der Waals surface area contributed by atoms with Gasteiger partial charge in [0.25, 0.3) is 5.91 Å². The summed E-state index contributed by atoms with van der Waals surface area (Å²) in [5.74, 6) is 0.484. The number of benzene rings is 4. The fourth-order valence-corrected chi connectivity index (χ4v) is 6.19. The number of thioether (sulfide) groups is 1. The summed E-state index contributed by atoms with van der Waals surface area (Å²) in [6.07, 6.45) is 3.42. The second-order valence-electron chi connectivity index (χ2n) is 8.84. The zero-order valence-corrected chi connectivity index (χ0v) is 19.5. The van der Waals surface area contributed by atoms with E-state index in [-0.39, 0.29) is 17.2 Å². The molecule has 0 bridgehead atoms. The Bertz CT molecular complexity index is 1410. The predicted octanol–water partition coefficient (Wildman–Crippen LogP) is 6.36. The number of carbonyl (C=O) groups is 2. The van der Waals surface area contributed by atoms with E-state index < -0.39 is 0 Å². The second kappa shape index (κ2) is 8.65. The molecule has 0 spiro atoms. The first-order valence-electron chi connectivity index (χ1n) is 11.6. The summed E-state index contributed by atoms with van der Waals surface area (Å²) in [5.41, 5.74) is 6.20. The highest BCUT2D eigenvalue weighted by atomic mass is 32.2. The molecule has 168 valence electrons. The first kappa shape index (κ1) is 21.0. The number of aryl methyl sites for hydroxylation is 2. The largest absolute Gasteiger partial charge is 0.322 e. The molecule has 1 saturated heterocycles. The molecule has 0 aromatic heterocycles. The first-order chi connectivity index (χ1) is 16.7. The van der Waals surface area contributed by atoms with Crippen LogP contribution in [0.3, 0.4) is 0 Å². The number of hydrogen-bond donors (Lipinski definition) is 1. The van der Waals surface area contributed by atoms with Crippen LogP contribution in [0.5, 0.6) is 0 Å². The normalized spacial score (nSPS) is 17.2. The van der Waals surface area contributed by atoms with Crippen LogP contribution in [0.1, 0.15) is 38.8 Å². The Morgan fingerprint density at radius 3 is 2.56 bits per heavy atom. The van der Waals surface area contributed by atoms with Crippen LogP contribution in [-0.4, -0.2) is 17.6 Å². The number of nitrogens with one attached hydrogen (secondary N) is 1. The minimum atomic E-state index is -0.130. The molecule has 2 amide bonds. The van der Waals surface area contributed by atoms with E-state index in [2.05, 4.69) is 23.5 Å². The third-order valence-electron chi connectivity index (χ3n) is 6.72. The average molecular weight is 465 g/mol. The maximum atomic E-state index is 13.0. The van der Waals surface area contributed by atoms with Gasteiger partial charge in [0, 0.05) is 16.9 Å². The Balaban J connectivity index is 1.23. The van der Waals surface area contributed by atoms with Gasteiger partial charge in [-0.25, -0.2) is 0 Å². The van der Waals surface area contributed by atoms with Crippen molar-refractivity contribution in [3.63, 3.8) is 0 Å². The lowest BCUT2D eigenvalue weighted by atomic mass is 10.0. The van der Waals surface area contributed by atoms with Crippen LogP contribution in [0.4, 0.5) is 11.4 Å². The molecule has 34 heavy (non-hydrogen) atoms. The van der Waals surface area contributed by atoms with Gasteiger partial charge in [-0.1, -0.05) is 54.6 Å². The van der Waals surface area contributed by atoms with E-state index in [9.17, 15) is 9.59 Å². The molecule has 4 aromatic rings. The molecule has 1 fully saturated rings. The number of carbonyl (C=O) groups excluding carboxylic acids is 2. The quantitative estimate of drug-likeness (QED) is 0.382. The molecule has 2 aliphatic rings. The van der Waals surface area contributed by atoms with Crippen molar-refractivity contribution in [1.29, 1.82) is 0 Å². The van der Waals surface area contributed by atoms with Crippen molar-refractivity contribution in [3.05, 3.63) is 107 Å². The van der Waals surface area contributed by atoms with Crippen LogP contribution in [0.2, 0.25) is 0 Å². The van der Waals surface area contributed by atoms with Crippen LogP contribution in [0.15, 0.2) is 84.9 Å². The van der Waals surface area contributed by atoms with E-state index in [0.29, 0.717) is 11.3 Å². The lowest BCUT2D eigenvalue weighted by molar-refractivity contribution is -0.115. The zero-order valence-electron chi connectivity index (χ0n) is 18.7. The van der Waals surface area contributed by atoms with Gasteiger partial charge in [-0.2, -0.15) is 0 Å². The Hall–Kier alpha value is -3.57. The average Bonchev–Trinajstić information content (AvgIpc) is 3.50. The van der Waals surface area contributed by atoms with Gasteiger partial charge in [-0.3, -0.25) is 14.5 Å². The van der Waals surface area contributed by atoms with Gasteiger partial charge in [0.15, 0.2) is 0 Å². The smallest absolute Gasteiger partial charge is 0.256 e. The third-order valence-corrected chi connectivity index (χ3v) is 7.93. The third kappa shape index (κ3) is 3.76. The van der Waals surface area contributed by atoms with Crippen LogP contribution < -0.4 is 10.2 Å². The maximum Gasteiger partial charge on any atom is 0.256 e. The van der Waals surface area contributed by atoms with Gasteiger partial charge in [-0.15, -0.1) is 11.8 Å². The van der Waals surface area contributed by atoms with Gasteiger partial charge < -0.3 is 5.32 Å². The summed E-state index contributed by atoms with van der Waals surface area (Å²) in [7, 11) is 0. The van der Waals surface area contributed by atoms with Gasteiger partial charge in [0.05, 0.1) is 5.75 Å². The lowest BCUT2D eigenvalue weighted by Gasteiger charge is -2.25. The monoisotopic (exact) mass is 464 g/mol. The van der Waals surface area contributed by atoms with Gasteiger partial charge in [0.2, 0.25) is 5.91 Å². The number of amides is 2. The van der Waals surface area contributed by atoms with Crippen LogP contribution in [0.25, 0.3) is 10.8 Å². The van der Waals surface area contributed by atoms with Crippen molar-refractivity contribution in [1.82, 2.24) is 0 Å². The summed E-state index contributed by atoms with van der Waals surface area (Å²) in [6, 6.07) is 28.0. The van der Waals surface area contributed by atoms with Crippen molar-refractivity contribution in [3.8, 4) is 0 Å². The molecule has 1 heterocycles. The second-order valence-corrected chi connectivity index (χ2v) is 9.91. The fraction of sp³-hybridized carbons (Fsp3) is 0.172. The molecule has 4 aromatic carbocycles. The highest BCUT2D eigenvalue weighted by molar-refractivity contribution is 8.00. The Labute approximate surface area is 203 Å². The molecule has 6 rings (SSSR count). The van der Waals surface area contributed by atoms with E-state index in [0.717, 1.165) is 40.6 Å². The van der Waals surface area contributed by atoms with E-state index in [1.807, 2.05) is 71.6 Å². The van der Waals surface area contributed by atoms with E-state index >= 15 is 0 Å². The number of nitrogens with zero attached hydrogens (tertiary/aromatic N) is 1. The van der Waals surface area contributed by atoms with Gasteiger partial charge >= 0.3 is 0 Å². The molecule has 4 nitrogen and oxygen atoms in total. The molecule has 1 aliphatic heterocycles. The molecule has 1 atom stereocenters. The molecule has 1 N–H and O–H groups in total. The van der Waals surface area contributed by atoms with E-state index in [1.54, 1.807) is 11.8 Å². The minimum Gasteiger partial charge on any atom is -0.322 e. The van der Waals surface area contributed by atoms with Crippen molar-refractivity contribution in [2.24, 2.45) is 0 Å². The predicted molar refractivity (Wildman–Crippen MR) is 139 cm³/mol. The van der Waals surface area contributed by atoms with Gasteiger partial charge in [0.1, 0.15) is 5.37 Å². The Morgan fingerprint density at radius 1 is 0.882 bits per heavy atom. The van der Waals surface area contributed by atoms with Crippen molar-refractivity contribution < 1.29 is 9.59 Å². The van der Waals surface area contributed by atoms with Crippen molar-refractivity contribution in [2.75, 3.05) is 16.0 Å². The summed E-state index contributed by atoms with van der Waals surface area (Å²) in [5, 5.41) is 4.94. The maximum absolute atomic E-state index is 13.0. The molecular weight excluding hydrogens is 440 g/mol. The summed E-state index contributed by atoms with van der Waals surface area (Å²) >= 11 is 1.65. The minimum absolute atomic E-state index is 0.0604. The zero-order chi connectivity index (χ0) is 23.1. The van der Waals surface area contributed by atoms with E-state index in [4.69, 9.17) is 0 Å². The highest BCUT2D eigenvalue weighted by Crippen LogP contribution is 2.43. The number of anilines is 2. The van der Waals surface area contributed by atoms with Crippen LogP contribution in [-0.2, 0) is 17.6 Å².